The number of rotatable bonds is 7. The van der Waals surface area contributed by atoms with Crippen LogP contribution in [0.4, 0.5) is 0 Å². The van der Waals surface area contributed by atoms with E-state index < -0.39 is 11.9 Å². The van der Waals surface area contributed by atoms with E-state index in [-0.39, 0.29) is 12.3 Å². The normalized spacial score (nSPS) is 24.6. The second kappa shape index (κ2) is 4.98. The van der Waals surface area contributed by atoms with Gasteiger partial charge in [0.2, 0.25) is 0 Å². The van der Waals surface area contributed by atoms with Gasteiger partial charge in [-0.3, -0.25) is 9.59 Å². The molecule has 0 heterocycles. The first kappa shape index (κ1) is 11.0. The van der Waals surface area contributed by atoms with Gasteiger partial charge in [0.1, 0.15) is 0 Å². The van der Waals surface area contributed by atoms with Crippen molar-refractivity contribution in [2.75, 3.05) is 0 Å². The van der Waals surface area contributed by atoms with Crippen molar-refractivity contribution >= 4 is 11.9 Å². The average Bonchev–Trinajstić information content (AvgIpc) is 2.82. The molecule has 1 rings (SSSR count). The molecular formula is C10H16O4. The van der Waals surface area contributed by atoms with Crippen molar-refractivity contribution in [2.24, 2.45) is 11.8 Å². The first-order valence-corrected chi connectivity index (χ1v) is 5.06. The van der Waals surface area contributed by atoms with E-state index in [0.29, 0.717) is 12.3 Å². The van der Waals surface area contributed by atoms with Crippen molar-refractivity contribution in [1.29, 1.82) is 0 Å². The zero-order valence-electron chi connectivity index (χ0n) is 8.11. The summed E-state index contributed by atoms with van der Waals surface area (Å²) in [6.45, 7) is 0. The summed E-state index contributed by atoms with van der Waals surface area (Å²) in [5, 5.41) is 17.0. The van der Waals surface area contributed by atoms with Crippen molar-refractivity contribution in [2.45, 2.75) is 38.5 Å². The Morgan fingerprint density at radius 2 is 1.86 bits per heavy atom. The number of carboxylic acids is 2. The number of hydrogen-bond acceptors (Lipinski definition) is 2. The summed E-state index contributed by atoms with van der Waals surface area (Å²) in [5.41, 5.74) is 0. The monoisotopic (exact) mass is 200 g/mol. The molecule has 2 N–H and O–H groups in total. The molecule has 2 unspecified atom stereocenters. The molecule has 0 aromatic carbocycles. The zero-order chi connectivity index (χ0) is 10.6. The summed E-state index contributed by atoms with van der Waals surface area (Å²) < 4.78 is 0. The predicted octanol–water partition coefficient (Wildman–Crippen LogP) is 1.74. The Morgan fingerprint density at radius 1 is 1.14 bits per heavy atom. The molecule has 4 heteroatoms. The molecule has 0 spiro atoms. The summed E-state index contributed by atoms with van der Waals surface area (Å²) in [5.74, 6) is -1.19. The third-order valence-corrected chi connectivity index (χ3v) is 2.71. The Morgan fingerprint density at radius 3 is 2.36 bits per heavy atom. The molecule has 0 radical (unpaired) electrons. The number of carboxylic acid groups (broad SMARTS) is 2. The van der Waals surface area contributed by atoms with Gasteiger partial charge in [0.25, 0.3) is 0 Å². The van der Waals surface area contributed by atoms with Gasteiger partial charge in [0.05, 0.1) is 5.92 Å². The van der Waals surface area contributed by atoms with Crippen LogP contribution in [0.1, 0.15) is 38.5 Å². The van der Waals surface area contributed by atoms with Gasteiger partial charge in [-0.25, -0.2) is 0 Å². The summed E-state index contributed by atoms with van der Waals surface area (Å²) in [6.07, 6.45) is 4.55. The van der Waals surface area contributed by atoms with E-state index in [2.05, 4.69) is 0 Å². The van der Waals surface area contributed by atoms with Crippen LogP contribution >= 0.6 is 0 Å². The van der Waals surface area contributed by atoms with Crippen LogP contribution in [-0.2, 0) is 9.59 Å². The molecule has 80 valence electrons. The highest BCUT2D eigenvalue weighted by molar-refractivity contribution is 5.73. The fourth-order valence-corrected chi connectivity index (χ4v) is 1.73. The summed E-state index contributed by atoms with van der Waals surface area (Å²) in [6, 6.07) is 0. The van der Waals surface area contributed by atoms with E-state index >= 15 is 0 Å². The molecule has 14 heavy (non-hydrogen) atoms. The Kier molecular flexibility index (Phi) is 3.92. The molecule has 0 amide bonds. The number of unbranched alkanes of at least 4 members (excludes halogenated alkanes) is 2. The molecular weight excluding hydrogens is 184 g/mol. The van der Waals surface area contributed by atoms with Crippen molar-refractivity contribution in [3.05, 3.63) is 0 Å². The maximum Gasteiger partial charge on any atom is 0.306 e. The molecule has 2 atom stereocenters. The molecule has 0 aromatic rings. The minimum absolute atomic E-state index is 0.116. The van der Waals surface area contributed by atoms with Crippen molar-refractivity contribution in [1.82, 2.24) is 0 Å². The van der Waals surface area contributed by atoms with Gasteiger partial charge in [-0.05, 0) is 25.2 Å². The van der Waals surface area contributed by atoms with Gasteiger partial charge in [0.15, 0.2) is 0 Å². The SMILES string of the molecule is O=C(O)CCCCCC1CC1C(=O)O. The van der Waals surface area contributed by atoms with E-state index in [1.807, 2.05) is 0 Å². The highest BCUT2D eigenvalue weighted by Gasteiger charge is 2.42. The lowest BCUT2D eigenvalue weighted by Crippen LogP contribution is -1.99. The fraction of sp³-hybridized carbons (Fsp3) is 0.800. The van der Waals surface area contributed by atoms with Crippen LogP contribution < -0.4 is 0 Å². The zero-order valence-corrected chi connectivity index (χ0v) is 8.11. The Labute approximate surface area is 82.9 Å². The predicted molar refractivity (Wildman–Crippen MR) is 50.0 cm³/mol. The molecule has 4 nitrogen and oxygen atoms in total. The molecule has 0 aromatic heterocycles. The lowest BCUT2D eigenvalue weighted by Gasteiger charge is -1.97. The number of aliphatic carboxylic acids is 2. The molecule has 0 bridgehead atoms. The Hall–Kier alpha value is -1.06. The van der Waals surface area contributed by atoms with Crippen molar-refractivity contribution in [3.8, 4) is 0 Å². The van der Waals surface area contributed by atoms with Gasteiger partial charge in [-0.15, -0.1) is 0 Å². The molecule has 0 aliphatic heterocycles. The number of hydrogen-bond donors (Lipinski definition) is 2. The molecule has 1 aliphatic carbocycles. The van der Waals surface area contributed by atoms with Crippen LogP contribution in [-0.4, -0.2) is 22.2 Å². The van der Waals surface area contributed by atoms with Gasteiger partial charge in [-0.1, -0.05) is 12.8 Å². The van der Waals surface area contributed by atoms with Crippen LogP contribution in [0.15, 0.2) is 0 Å². The largest absolute Gasteiger partial charge is 0.481 e. The smallest absolute Gasteiger partial charge is 0.306 e. The third-order valence-electron chi connectivity index (χ3n) is 2.71. The summed E-state index contributed by atoms with van der Waals surface area (Å²) in [7, 11) is 0. The van der Waals surface area contributed by atoms with Gasteiger partial charge in [0, 0.05) is 6.42 Å². The second-order valence-corrected chi connectivity index (χ2v) is 3.93. The average molecular weight is 200 g/mol. The maximum absolute atomic E-state index is 10.5. The standard InChI is InChI=1S/C10H16O4/c11-9(12)5-3-1-2-4-7-6-8(7)10(13)14/h7-8H,1-6H2,(H,11,12)(H,13,14). The Balaban J connectivity index is 1.91. The van der Waals surface area contributed by atoms with E-state index in [1.165, 1.54) is 0 Å². The van der Waals surface area contributed by atoms with Crippen molar-refractivity contribution in [3.63, 3.8) is 0 Å². The second-order valence-electron chi connectivity index (χ2n) is 3.93. The van der Waals surface area contributed by atoms with Crippen LogP contribution in [0, 0.1) is 11.8 Å². The third kappa shape index (κ3) is 3.77. The van der Waals surface area contributed by atoms with Crippen LogP contribution in [0.3, 0.4) is 0 Å². The highest BCUT2D eigenvalue weighted by Crippen LogP contribution is 2.42. The lowest BCUT2D eigenvalue weighted by atomic mass is 10.1. The fourth-order valence-electron chi connectivity index (χ4n) is 1.73. The Bertz CT molecular complexity index is 224. The molecule has 1 fully saturated rings. The first-order chi connectivity index (χ1) is 6.61. The molecule has 1 aliphatic rings. The number of carbonyl (C=O) groups is 2. The van der Waals surface area contributed by atoms with Gasteiger partial charge >= 0.3 is 11.9 Å². The molecule has 0 saturated heterocycles. The maximum atomic E-state index is 10.5. The lowest BCUT2D eigenvalue weighted by molar-refractivity contribution is -0.139. The van der Waals surface area contributed by atoms with Gasteiger partial charge < -0.3 is 10.2 Å². The first-order valence-electron chi connectivity index (χ1n) is 5.06. The topological polar surface area (TPSA) is 74.6 Å². The van der Waals surface area contributed by atoms with E-state index in [0.717, 1.165) is 25.7 Å². The molecule has 1 saturated carbocycles. The van der Waals surface area contributed by atoms with Gasteiger partial charge in [-0.2, -0.15) is 0 Å². The van der Waals surface area contributed by atoms with E-state index in [4.69, 9.17) is 10.2 Å². The quantitative estimate of drug-likeness (QED) is 0.614. The van der Waals surface area contributed by atoms with E-state index in [9.17, 15) is 9.59 Å². The van der Waals surface area contributed by atoms with Crippen LogP contribution in [0.2, 0.25) is 0 Å². The summed E-state index contributed by atoms with van der Waals surface area (Å²) in [4.78, 5) is 20.6. The van der Waals surface area contributed by atoms with Crippen molar-refractivity contribution < 1.29 is 19.8 Å². The minimum atomic E-state index is -0.750. The van der Waals surface area contributed by atoms with Crippen LogP contribution in [0.5, 0.6) is 0 Å². The minimum Gasteiger partial charge on any atom is -0.481 e. The van der Waals surface area contributed by atoms with Crippen LogP contribution in [0.25, 0.3) is 0 Å². The summed E-state index contributed by atoms with van der Waals surface area (Å²) >= 11 is 0. The highest BCUT2D eigenvalue weighted by atomic mass is 16.4. The van der Waals surface area contributed by atoms with E-state index in [1.54, 1.807) is 0 Å².